The Hall–Kier alpha value is -1.05. The first-order valence-electron chi connectivity index (χ1n) is 6.96. The highest BCUT2D eigenvalue weighted by molar-refractivity contribution is 5.75. The highest BCUT2D eigenvalue weighted by Gasteiger charge is 2.07. The second-order valence-corrected chi connectivity index (χ2v) is 5.01. The van der Waals surface area contributed by atoms with Crippen LogP contribution in [0.5, 0.6) is 0 Å². The summed E-state index contributed by atoms with van der Waals surface area (Å²) in [7, 11) is 3.51. The van der Waals surface area contributed by atoms with Crippen molar-refractivity contribution in [2.24, 2.45) is 5.92 Å². The van der Waals surface area contributed by atoms with Crippen LogP contribution in [0.1, 0.15) is 27.2 Å². The average Bonchev–Trinajstić information content (AvgIpc) is 2.39. The summed E-state index contributed by atoms with van der Waals surface area (Å²) >= 11 is 0. The molecule has 0 saturated carbocycles. The molecule has 0 aromatic rings. The Morgan fingerprint density at radius 3 is 2.26 bits per heavy atom. The lowest BCUT2D eigenvalue weighted by molar-refractivity contribution is -0.128. The number of carbonyl (C=O) groups excluding carboxylic acids is 1. The van der Waals surface area contributed by atoms with E-state index in [2.05, 4.69) is 30.6 Å². The van der Waals surface area contributed by atoms with Crippen LogP contribution in [0.15, 0.2) is 0 Å². The van der Waals surface area contributed by atoms with Crippen molar-refractivity contribution < 1.29 is 9.53 Å². The first kappa shape index (κ1) is 17.9. The van der Waals surface area contributed by atoms with E-state index in [-0.39, 0.29) is 5.91 Å². The van der Waals surface area contributed by atoms with E-state index in [1.165, 1.54) is 0 Å². The van der Waals surface area contributed by atoms with Crippen molar-refractivity contribution in [2.75, 3.05) is 46.9 Å². The molecule has 0 unspecified atom stereocenters. The summed E-state index contributed by atoms with van der Waals surface area (Å²) in [5, 5.41) is 0. The summed E-state index contributed by atoms with van der Waals surface area (Å²) < 4.78 is 5.24. The van der Waals surface area contributed by atoms with Crippen LogP contribution in [-0.2, 0) is 9.53 Å². The maximum absolute atomic E-state index is 10.4. The smallest absolute Gasteiger partial charge is 0.221 e. The lowest BCUT2D eigenvalue weighted by Crippen LogP contribution is -2.36. The van der Waals surface area contributed by atoms with Crippen molar-refractivity contribution in [3.63, 3.8) is 0 Å². The molecule has 1 aliphatic rings. The van der Waals surface area contributed by atoms with Crippen LogP contribution in [0.4, 0.5) is 0 Å². The number of carbonyl (C=O) groups is 1. The lowest BCUT2D eigenvalue weighted by Gasteiger charge is -2.24. The van der Waals surface area contributed by atoms with Gasteiger partial charge >= 0.3 is 0 Å². The Morgan fingerprint density at radius 2 is 1.89 bits per heavy atom. The normalized spacial score (nSPS) is 15.1. The Bertz CT molecular complexity index is 297. The zero-order valence-electron chi connectivity index (χ0n) is 13.0. The van der Waals surface area contributed by atoms with Gasteiger partial charge in [0.1, 0.15) is 0 Å². The molecule has 1 fully saturated rings. The van der Waals surface area contributed by atoms with Crippen LogP contribution in [-0.4, -0.2) is 62.7 Å². The zero-order valence-corrected chi connectivity index (χ0v) is 13.0. The third-order valence-corrected chi connectivity index (χ3v) is 2.60. The third kappa shape index (κ3) is 10.5. The van der Waals surface area contributed by atoms with E-state index in [1.54, 1.807) is 19.0 Å². The molecule has 110 valence electrons. The van der Waals surface area contributed by atoms with E-state index in [0.29, 0.717) is 12.3 Å². The monoisotopic (exact) mass is 268 g/mol. The molecule has 0 aromatic heterocycles. The van der Waals surface area contributed by atoms with Crippen LogP contribution in [0, 0.1) is 17.8 Å². The van der Waals surface area contributed by atoms with E-state index in [4.69, 9.17) is 4.74 Å². The van der Waals surface area contributed by atoms with E-state index in [1.807, 2.05) is 6.92 Å². The Morgan fingerprint density at radius 1 is 1.32 bits per heavy atom. The fourth-order valence-corrected chi connectivity index (χ4v) is 1.44. The zero-order chi connectivity index (χ0) is 14.7. The van der Waals surface area contributed by atoms with Crippen molar-refractivity contribution >= 4 is 5.91 Å². The molecule has 0 spiro atoms. The van der Waals surface area contributed by atoms with Gasteiger partial charge in [0.2, 0.25) is 5.91 Å². The Labute approximate surface area is 118 Å². The van der Waals surface area contributed by atoms with Gasteiger partial charge in [-0.1, -0.05) is 32.6 Å². The second-order valence-electron chi connectivity index (χ2n) is 5.01. The summed E-state index contributed by atoms with van der Waals surface area (Å²) in [4.78, 5) is 14.4. The first-order valence-corrected chi connectivity index (χ1v) is 6.96. The fraction of sp³-hybridized carbons (Fsp3) is 0.800. The van der Waals surface area contributed by atoms with E-state index >= 15 is 0 Å². The summed E-state index contributed by atoms with van der Waals surface area (Å²) in [5.41, 5.74) is 0. The molecule has 0 aliphatic carbocycles. The molecule has 0 bridgehead atoms. The fourth-order valence-electron chi connectivity index (χ4n) is 1.44. The summed E-state index contributed by atoms with van der Waals surface area (Å²) in [5.74, 6) is 7.01. The van der Waals surface area contributed by atoms with Gasteiger partial charge in [-0.2, -0.15) is 0 Å². The lowest BCUT2D eigenvalue weighted by atomic mass is 10.2. The van der Waals surface area contributed by atoms with Gasteiger partial charge in [0.15, 0.2) is 0 Å². The predicted molar refractivity (Wildman–Crippen MR) is 78.9 cm³/mol. The van der Waals surface area contributed by atoms with Gasteiger partial charge in [-0.05, 0) is 0 Å². The van der Waals surface area contributed by atoms with Crippen molar-refractivity contribution in [3.05, 3.63) is 0 Å². The molecule has 4 heteroatoms. The van der Waals surface area contributed by atoms with Gasteiger partial charge in [-0.3, -0.25) is 9.69 Å². The molecule has 0 aromatic carbocycles. The first-order chi connectivity index (χ1) is 8.97. The van der Waals surface area contributed by atoms with Gasteiger partial charge in [-0.15, -0.1) is 0 Å². The summed E-state index contributed by atoms with van der Waals surface area (Å²) in [6.45, 7) is 10.8. The molecular formula is C15H28N2O2. The van der Waals surface area contributed by atoms with Crippen LogP contribution in [0.3, 0.4) is 0 Å². The molecule has 1 rings (SSSR count). The molecule has 1 heterocycles. The number of nitrogens with zero attached hydrogens (tertiary/aromatic N) is 2. The molecule has 1 amide bonds. The highest BCUT2D eigenvalue weighted by atomic mass is 16.5. The van der Waals surface area contributed by atoms with Crippen molar-refractivity contribution in [2.45, 2.75) is 27.2 Å². The molecule has 0 radical (unpaired) electrons. The number of hydrogen-bond acceptors (Lipinski definition) is 3. The second kappa shape index (κ2) is 10.8. The summed E-state index contributed by atoms with van der Waals surface area (Å²) in [6.07, 6.45) is 0.604. The minimum atomic E-state index is 0.181. The quantitative estimate of drug-likeness (QED) is 0.711. The number of rotatable bonds is 2. The Kier molecular flexibility index (Phi) is 10.2. The van der Waals surface area contributed by atoms with Gasteiger partial charge in [0.05, 0.1) is 19.8 Å². The molecule has 0 atom stereocenters. The topological polar surface area (TPSA) is 32.8 Å². The van der Waals surface area contributed by atoms with Gasteiger partial charge in [0.25, 0.3) is 0 Å². The number of ether oxygens (including phenoxy) is 1. The van der Waals surface area contributed by atoms with Crippen LogP contribution < -0.4 is 0 Å². The van der Waals surface area contributed by atoms with E-state index in [9.17, 15) is 4.79 Å². The van der Waals surface area contributed by atoms with Crippen LogP contribution in [0.2, 0.25) is 0 Å². The largest absolute Gasteiger partial charge is 0.379 e. The minimum Gasteiger partial charge on any atom is -0.379 e. The molecule has 4 nitrogen and oxygen atoms in total. The van der Waals surface area contributed by atoms with Crippen LogP contribution >= 0.6 is 0 Å². The van der Waals surface area contributed by atoms with Crippen molar-refractivity contribution in [1.82, 2.24) is 9.80 Å². The van der Waals surface area contributed by atoms with Crippen LogP contribution in [0.25, 0.3) is 0 Å². The number of hydrogen-bond donors (Lipinski definition) is 0. The molecule has 1 aliphatic heterocycles. The predicted octanol–water partition coefficient (Wildman–Crippen LogP) is 1.46. The third-order valence-electron chi connectivity index (χ3n) is 2.60. The highest BCUT2D eigenvalue weighted by Crippen LogP contribution is 1.95. The molecule has 19 heavy (non-hydrogen) atoms. The van der Waals surface area contributed by atoms with E-state index < -0.39 is 0 Å². The number of morpholine rings is 1. The van der Waals surface area contributed by atoms with Crippen molar-refractivity contribution in [1.29, 1.82) is 0 Å². The van der Waals surface area contributed by atoms with Gasteiger partial charge < -0.3 is 9.64 Å². The molecule has 1 saturated heterocycles. The SMILES string of the molecule is CC(C)C#CCN1CCOCC1.CCC(=O)N(C)C. The maximum atomic E-state index is 10.4. The maximum Gasteiger partial charge on any atom is 0.221 e. The van der Waals surface area contributed by atoms with E-state index in [0.717, 1.165) is 32.8 Å². The Balaban J connectivity index is 0.000000399. The van der Waals surface area contributed by atoms with Gasteiger partial charge in [-0.25, -0.2) is 0 Å². The standard InChI is InChI=1S/C10H17NO.C5H11NO/c1-10(2)4-3-5-11-6-8-12-9-7-11;1-4-5(7)6(2)3/h10H,5-9H2,1-2H3;4H2,1-3H3. The van der Waals surface area contributed by atoms with Gasteiger partial charge in [0, 0.05) is 39.5 Å². The number of amides is 1. The summed E-state index contributed by atoms with van der Waals surface area (Å²) in [6, 6.07) is 0. The van der Waals surface area contributed by atoms with Crippen molar-refractivity contribution in [3.8, 4) is 11.8 Å². The average molecular weight is 268 g/mol. The molecule has 0 N–H and O–H groups in total. The minimum absolute atomic E-state index is 0.181. The molecular weight excluding hydrogens is 240 g/mol.